The Balaban J connectivity index is 1.64. The summed E-state index contributed by atoms with van der Waals surface area (Å²) in [5.74, 6) is 0.748. The molecule has 0 N–H and O–H groups in total. The van der Waals surface area contributed by atoms with E-state index < -0.39 is 7.14 Å². The van der Waals surface area contributed by atoms with E-state index in [1.54, 1.807) is 0 Å². The largest absolute Gasteiger partial charge is 0.314 e. The normalized spacial score (nSPS) is 16.2. The summed E-state index contributed by atoms with van der Waals surface area (Å²) in [6, 6.07) is 25.3. The van der Waals surface area contributed by atoms with Gasteiger partial charge in [0.1, 0.15) is 13.0 Å². The molecule has 0 bridgehead atoms. The topological polar surface area (TPSA) is 52.0 Å². The fourth-order valence-electron chi connectivity index (χ4n) is 4.69. The highest BCUT2D eigenvalue weighted by Crippen LogP contribution is 2.48. The Kier molecular flexibility index (Phi) is 5.11. The van der Waals surface area contributed by atoms with Crippen molar-refractivity contribution in [3.63, 3.8) is 0 Å². The Labute approximate surface area is 182 Å². The molecule has 1 atom stereocenters. The van der Waals surface area contributed by atoms with Crippen LogP contribution in [0.15, 0.2) is 83.7 Å². The Hall–Kier alpha value is -2.97. The third-order valence-electron chi connectivity index (χ3n) is 6.26. The van der Waals surface area contributed by atoms with Crippen LogP contribution in [0.3, 0.4) is 0 Å². The molecule has 0 saturated heterocycles. The standard InChI is InChI=1S/C26H25N2O2P/c1-19-14-15-24-23(17-19)26(29)28-16-8-9-20(25(28)27-24)18-31(30,21-10-4-2-5-11-21)22-12-6-3-7-13-22/h2-7,10-15,17,20H,8-9,16,18H2,1H3. The Morgan fingerprint density at radius 3 is 2.26 bits per heavy atom. The lowest BCUT2D eigenvalue weighted by molar-refractivity contribution is 0.446. The van der Waals surface area contributed by atoms with Gasteiger partial charge in [0.2, 0.25) is 0 Å². The van der Waals surface area contributed by atoms with Gasteiger partial charge in [-0.25, -0.2) is 4.98 Å². The van der Waals surface area contributed by atoms with E-state index in [-0.39, 0.29) is 11.5 Å². The summed E-state index contributed by atoms with van der Waals surface area (Å²) in [6.45, 7) is 2.66. The van der Waals surface area contributed by atoms with Crippen LogP contribution in [0, 0.1) is 6.92 Å². The molecule has 0 aliphatic carbocycles. The second-order valence-corrected chi connectivity index (χ2v) is 11.3. The van der Waals surface area contributed by atoms with E-state index in [4.69, 9.17) is 4.98 Å². The van der Waals surface area contributed by atoms with E-state index >= 15 is 0 Å². The van der Waals surface area contributed by atoms with Crippen LogP contribution in [-0.4, -0.2) is 15.7 Å². The van der Waals surface area contributed by atoms with Crippen LogP contribution in [0.4, 0.5) is 0 Å². The van der Waals surface area contributed by atoms with Crippen LogP contribution >= 0.6 is 7.14 Å². The maximum atomic E-state index is 14.6. The van der Waals surface area contributed by atoms with Crippen LogP contribution in [-0.2, 0) is 11.1 Å². The summed E-state index contributed by atoms with van der Waals surface area (Å²) in [5.41, 5.74) is 1.79. The molecule has 0 spiro atoms. The van der Waals surface area contributed by atoms with Crippen molar-refractivity contribution in [3.05, 3.63) is 101 Å². The van der Waals surface area contributed by atoms with Gasteiger partial charge in [0, 0.05) is 29.2 Å². The summed E-state index contributed by atoms with van der Waals surface area (Å²) < 4.78 is 16.4. The van der Waals surface area contributed by atoms with E-state index in [0.717, 1.165) is 40.4 Å². The molecule has 31 heavy (non-hydrogen) atoms. The molecule has 156 valence electrons. The highest BCUT2D eigenvalue weighted by Gasteiger charge is 2.34. The molecule has 0 fully saturated rings. The van der Waals surface area contributed by atoms with Crippen molar-refractivity contribution >= 4 is 28.7 Å². The minimum atomic E-state index is -2.89. The number of hydrogen-bond acceptors (Lipinski definition) is 3. The van der Waals surface area contributed by atoms with E-state index in [1.165, 1.54) is 0 Å². The average Bonchev–Trinajstić information content (AvgIpc) is 2.81. The van der Waals surface area contributed by atoms with Crippen molar-refractivity contribution in [3.8, 4) is 0 Å². The first kappa shape index (κ1) is 20.0. The van der Waals surface area contributed by atoms with Crippen molar-refractivity contribution in [1.29, 1.82) is 0 Å². The Morgan fingerprint density at radius 1 is 0.968 bits per heavy atom. The number of aryl methyl sites for hydroxylation is 1. The van der Waals surface area contributed by atoms with Crippen LogP contribution < -0.4 is 16.2 Å². The minimum Gasteiger partial charge on any atom is -0.314 e. The number of benzene rings is 3. The monoisotopic (exact) mass is 428 g/mol. The maximum Gasteiger partial charge on any atom is 0.261 e. The highest BCUT2D eigenvalue weighted by atomic mass is 31.2. The molecule has 4 aromatic rings. The summed E-state index contributed by atoms with van der Waals surface area (Å²) in [5, 5.41) is 2.38. The molecule has 2 heterocycles. The maximum absolute atomic E-state index is 14.6. The molecule has 1 aromatic heterocycles. The van der Waals surface area contributed by atoms with E-state index in [1.807, 2.05) is 90.4 Å². The fourth-order valence-corrected chi connectivity index (χ4v) is 7.68. The molecule has 5 heteroatoms. The van der Waals surface area contributed by atoms with Gasteiger partial charge in [-0.1, -0.05) is 72.3 Å². The molecule has 4 nitrogen and oxygen atoms in total. The molecule has 3 aromatic carbocycles. The summed E-state index contributed by atoms with van der Waals surface area (Å²) in [7, 11) is -2.89. The van der Waals surface area contributed by atoms with Crippen molar-refractivity contribution in [2.45, 2.75) is 32.2 Å². The highest BCUT2D eigenvalue weighted by molar-refractivity contribution is 7.78. The van der Waals surface area contributed by atoms with Gasteiger partial charge >= 0.3 is 0 Å². The van der Waals surface area contributed by atoms with Gasteiger partial charge in [-0.15, -0.1) is 0 Å². The van der Waals surface area contributed by atoms with Gasteiger partial charge in [-0.3, -0.25) is 9.36 Å². The van der Waals surface area contributed by atoms with E-state index in [9.17, 15) is 9.36 Å². The van der Waals surface area contributed by atoms with Gasteiger partial charge in [0.25, 0.3) is 5.56 Å². The summed E-state index contributed by atoms with van der Waals surface area (Å²) >= 11 is 0. The van der Waals surface area contributed by atoms with Crippen molar-refractivity contribution in [2.75, 3.05) is 6.16 Å². The van der Waals surface area contributed by atoms with Crippen LogP contribution in [0.1, 0.15) is 30.1 Å². The van der Waals surface area contributed by atoms with E-state index in [2.05, 4.69) is 0 Å². The van der Waals surface area contributed by atoms with Crippen molar-refractivity contribution in [2.24, 2.45) is 0 Å². The zero-order valence-corrected chi connectivity index (χ0v) is 18.5. The second-order valence-electron chi connectivity index (χ2n) is 8.38. The predicted octanol–water partition coefficient (Wildman–Crippen LogP) is 4.60. The number of fused-ring (bicyclic) bond motifs is 2. The lowest BCUT2D eigenvalue weighted by Crippen LogP contribution is -2.33. The number of aromatic nitrogens is 2. The average molecular weight is 428 g/mol. The lowest BCUT2D eigenvalue weighted by Gasteiger charge is -2.30. The van der Waals surface area contributed by atoms with Gasteiger partial charge in [-0.2, -0.15) is 0 Å². The quantitative estimate of drug-likeness (QED) is 0.447. The lowest BCUT2D eigenvalue weighted by atomic mass is 10.00. The van der Waals surface area contributed by atoms with Crippen LogP contribution in [0.2, 0.25) is 0 Å². The first-order valence-corrected chi connectivity index (χ1v) is 12.7. The predicted molar refractivity (Wildman–Crippen MR) is 127 cm³/mol. The second kappa shape index (κ2) is 7.94. The number of nitrogens with zero attached hydrogens (tertiary/aromatic N) is 2. The SMILES string of the molecule is Cc1ccc2nc3n(c(=O)c2c1)CCCC3CP(=O)(c1ccccc1)c1ccccc1. The van der Waals surface area contributed by atoms with Crippen molar-refractivity contribution < 1.29 is 4.57 Å². The van der Waals surface area contributed by atoms with Gasteiger partial charge in [0.15, 0.2) is 0 Å². The van der Waals surface area contributed by atoms with Gasteiger partial charge < -0.3 is 4.57 Å². The van der Waals surface area contributed by atoms with Crippen LogP contribution in [0.25, 0.3) is 10.9 Å². The van der Waals surface area contributed by atoms with Gasteiger partial charge in [-0.05, 0) is 31.9 Å². The third kappa shape index (κ3) is 3.55. The minimum absolute atomic E-state index is 0.0163. The number of hydrogen-bond donors (Lipinski definition) is 0. The van der Waals surface area contributed by atoms with E-state index in [0.29, 0.717) is 18.1 Å². The molecule has 0 radical (unpaired) electrons. The molecular formula is C26H25N2O2P. The molecule has 0 amide bonds. The molecular weight excluding hydrogens is 403 g/mol. The third-order valence-corrected chi connectivity index (χ3v) is 9.48. The Morgan fingerprint density at radius 2 is 1.61 bits per heavy atom. The smallest absolute Gasteiger partial charge is 0.261 e. The first-order chi connectivity index (χ1) is 15.1. The van der Waals surface area contributed by atoms with Crippen molar-refractivity contribution in [1.82, 2.24) is 9.55 Å². The molecule has 1 aliphatic rings. The summed E-state index contributed by atoms with van der Waals surface area (Å²) in [6.07, 6.45) is 2.25. The Bertz CT molecular complexity index is 1300. The number of rotatable bonds is 4. The summed E-state index contributed by atoms with van der Waals surface area (Å²) in [4.78, 5) is 18.1. The zero-order chi connectivity index (χ0) is 21.4. The molecule has 1 aliphatic heterocycles. The van der Waals surface area contributed by atoms with Crippen LogP contribution in [0.5, 0.6) is 0 Å². The zero-order valence-electron chi connectivity index (χ0n) is 17.6. The molecule has 1 unspecified atom stereocenters. The molecule has 0 saturated carbocycles. The first-order valence-electron chi connectivity index (χ1n) is 10.8. The molecule has 5 rings (SSSR count). The van der Waals surface area contributed by atoms with Gasteiger partial charge in [0.05, 0.1) is 10.9 Å². The fraction of sp³-hybridized carbons (Fsp3) is 0.231.